The zero-order valence-corrected chi connectivity index (χ0v) is 12.3. The molecule has 0 spiro atoms. The largest absolute Gasteiger partial charge is 0.501 e. The van der Waals surface area contributed by atoms with Crippen LogP contribution in [-0.4, -0.2) is 11.7 Å². The number of rotatable bonds is 6. The van der Waals surface area contributed by atoms with Crippen LogP contribution in [0, 0.1) is 6.92 Å². The second-order valence-corrected chi connectivity index (χ2v) is 5.02. The molecule has 2 rings (SSSR count). The molecule has 1 aromatic carbocycles. The molecule has 1 heterocycles. The number of benzene rings is 1. The Kier molecular flexibility index (Phi) is 4.99. The van der Waals surface area contributed by atoms with Gasteiger partial charge in [0.25, 0.3) is 0 Å². The third kappa shape index (κ3) is 3.50. The van der Waals surface area contributed by atoms with Crippen LogP contribution in [0.4, 0.5) is 5.69 Å². The first-order valence-electron chi connectivity index (χ1n) is 7.22. The summed E-state index contributed by atoms with van der Waals surface area (Å²) in [7, 11) is 0. The summed E-state index contributed by atoms with van der Waals surface area (Å²) in [4.78, 5) is 0. The van der Waals surface area contributed by atoms with Crippen LogP contribution in [0.5, 0.6) is 5.75 Å². The van der Waals surface area contributed by atoms with Gasteiger partial charge in [0.1, 0.15) is 0 Å². The SMILES string of the molecule is CCCNc1cc[n+](CCc2ccccc2)c(C)c1O. The highest BCUT2D eigenvalue weighted by Crippen LogP contribution is 2.23. The van der Waals surface area contributed by atoms with Crippen molar-refractivity contribution >= 4 is 5.69 Å². The fraction of sp³-hybridized carbons (Fsp3) is 0.353. The predicted molar refractivity (Wildman–Crippen MR) is 82.0 cm³/mol. The van der Waals surface area contributed by atoms with Crippen molar-refractivity contribution in [3.05, 3.63) is 53.9 Å². The van der Waals surface area contributed by atoms with Gasteiger partial charge in [0.05, 0.1) is 5.69 Å². The average molecular weight is 271 g/mol. The van der Waals surface area contributed by atoms with Crippen LogP contribution in [0.1, 0.15) is 24.6 Å². The van der Waals surface area contributed by atoms with Gasteiger partial charge < -0.3 is 10.4 Å². The maximum atomic E-state index is 10.2. The molecular formula is C17H23N2O+. The Morgan fingerprint density at radius 1 is 1.15 bits per heavy atom. The molecule has 0 atom stereocenters. The van der Waals surface area contributed by atoms with Gasteiger partial charge in [-0.1, -0.05) is 37.3 Å². The van der Waals surface area contributed by atoms with Gasteiger partial charge >= 0.3 is 0 Å². The molecule has 0 saturated heterocycles. The number of hydrogen-bond donors (Lipinski definition) is 2. The number of aromatic hydroxyl groups is 1. The van der Waals surface area contributed by atoms with Gasteiger partial charge in [0, 0.05) is 26.0 Å². The number of hydrogen-bond acceptors (Lipinski definition) is 2. The van der Waals surface area contributed by atoms with E-state index in [4.69, 9.17) is 0 Å². The summed E-state index contributed by atoms with van der Waals surface area (Å²) in [5.41, 5.74) is 3.04. The Morgan fingerprint density at radius 3 is 2.60 bits per heavy atom. The number of nitrogens with one attached hydrogen (secondary N) is 1. The maximum Gasteiger partial charge on any atom is 0.222 e. The lowest BCUT2D eigenvalue weighted by atomic mass is 10.1. The quantitative estimate of drug-likeness (QED) is 0.792. The smallest absolute Gasteiger partial charge is 0.222 e. The minimum atomic E-state index is 0.356. The normalized spacial score (nSPS) is 10.5. The maximum absolute atomic E-state index is 10.2. The zero-order valence-electron chi connectivity index (χ0n) is 12.3. The molecule has 0 saturated carbocycles. The van der Waals surface area contributed by atoms with E-state index in [0.29, 0.717) is 5.75 Å². The van der Waals surface area contributed by atoms with E-state index in [9.17, 15) is 5.11 Å². The molecule has 0 radical (unpaired) electrons. The molecule has 3 nitrogen and oxygen atoms in total. The van der Waals surface area contributed by atoms with Crippen molar-refractivity contribution in [2.24, 2.45) is 0 Å². The highest BCUT2D eigenvalue weighted by atomic mass is 16.3. The average Bonchev–Trinajstić information content (AvgIpc) is 2.49. The van der Waals surface area contributed by atoms with Gasteiger partial charge in [-0.25, -0.2) is 0 Å². The van der Waals surface area contributed by atoms with Crippen LogP contribution in [0.3, 0.4) is 0 Å². The molecule has 1 aromatic heterocycles. The standard InChI is InChI=1S/C17H22N2O/c1-3-11-18-16-10-13-19(14(2)17(16)20)12-9-15-7-5-4-6-8-15/h4-8,10,13,20H,3,9,11-12H2,1-2H3/p+1. The van der Waals surface area contributed by atoms with Crippen molar-refractivity contribution in [3.63, 3.8) is 0 Å². The molecule has 0 amide bonds. The number of anilines is 1. The van der Waals surface area contributed by atoms with Crippen LogP contribution >= 0.6 is 0 Å². The fourth-order valence-corrected chi connectivity index (χ4v) is 2.22. The Balaban J connectivity index is 2.07. The summed E-state index contributed by atoms with van der Waals surface area (Å²) in [5, 5.41) is 13.5. The highest BCUT2D eigenvalue weighted by molar-refractivity contribution is 5.55. The van der Waals surface area contributed by atoms with Gasteiger partial charge in [0.15, 0.2) is 12.7 Å². The number of pyridine rings is 1. The van der Waals surface area contributed by atoms with Gasteiger partial charge in [0.2, 0.25) is 11.4 Å². The van der Waals surface area contributed by atoms with Crippen molar-refractivity contribution in [2.45, 2.75) is 33.2 Å². The first-order valence-corrected chi connectivity index (χ1v) is 7.22. The molecule has 0 unspecified atom stereocenters. The molecule has 20 heavy (non-hydrogen) atoms. The topological polar surface area (TPSA) is 36.1 Å². The highest BCUT2D eigenvalue weighted by Gasteiger charge is 2.15. The molecule has 106 valence electrons. The summed E-state index contributed by atoms with van der Waals surface area (Å²) < 4.78 is 2.10. The molecule has 2 N–H and O–H groups in total. The summed E-state index contributed by atoms with van der Waals surface area (Å²) in [6.45, 7) is 5.82. The second kappa shape index (κ2) is 6.94. The summed E-state index contributed by atoms with van der Waals surface area (Å²) in [5.74, 6) is 0.356. The molecule has 0 aliphatic carbocycles. The molecule has 0 bridgehead atoms. The Hall–Kier alpha value is -2.03. The van der Waals surface area contributed by atoms with Crippen molar-refractivity contribution in [1.29, 1.82) is 0 Å². The van der Waals surface area contributed by atoms with E-state index >= 15 is 0 Å². The molecule has 3 heteroatoms. The van der Waals surface area contributed by atoms with Crippen molar-refractivity contribution in [1.82, 2.24) is 0 Å². The van der Waals surface area contributed by atoms with Gasteiger partial charge in [-0.05, 0) is 12.0 Å². The Labute approximate surface area is 120 Å². The van der Waals surface area contributed by atoms with Crippen LogP contribution < -0.4 is 9.88 Å². The van der Waals surface area contributed by atoms with E-state index in [-0.39, 0.29) is 0 Å². The molecular weight excluding hydrogens is 248 g/mol. The van der Waals surface area contributed by atoms with E-state index in [1.165, 1.54) is 5.56 Å². The molecule has 2 aromatic rings. The number of nitrogens with zero attached hydrogens (tertiary/aromatic N) is 1. The minimum Gasteiger partial charge on any atom is -0.501 e. The van der Waals surface area contributed by atoms with Gasteiger partial charge in [-0.3, -0.25) is 0 Å². The van der Waals surface area contributed by atoms with E-state index in [2.05, 4.69) is 41.1 Å². The van der Waals surface area contributed by atoms with Crippen molar-refractivity contribution in [3.8, 4) is 5.75 Å². The first kappa shape index (κ1) is 14.4. The molecule has 0 aliphatic rings. The third-order valence-corrected chi connectivity index (χ3v) is 3.50. The van der Waals surface area contributed by atoms with Gasteiger partial charge in [-0.15, -0.1) is 0 Å². The van der Waals surface area contributed by atoms with Crippen LogP contribution in [0.2, 0.25) is 0 Å². The minimum absolute atomic E-state index is 0.356. The number of aromatic nitrogens is 1. The van der Waals surface area contributed by atoms with E-state index in [1.807, 2.05) is 25.3 Å². The number of aryl methyl sites for hydroxylation is 2. The van der Waals surface area contributed by atoms with Crippen LogP contribution in [0.25, 0.3) is 0 Å². The first-order chi connectivity index (χ1) is 9.72. The summed E-state index contributed by atoms with van der Waals surface area (Å²) in [6, 6.07) is 12.4. The fourth-order valence-electron chi connectivity index (χ4n) is 2.22. The summed E-state index contributed by atoms with van der Waals surface area (Å²) in [6.07, 6.45) is 4.05. The second-order valence-electron chi connectivity index (χ2n) is 5.02. The Bertz CT molecular complexity index is 552. The monoisotopic (exact) mass is 271 g/mol. The molecule has 0 aliphatic heterocycles. The lowest BCUT2D eigenvalue weighted by Crippen LogP contribution is -2.37. The van der Waals surface area contributed by atoms with E-state index in [0.717, 1.165) is 37.3 Å². The van der Waals surface area contributed by atoms with Crippen LogP contribution in [-0.2, 0) is 13.0 Å². The third-order valence-electron chi connectivity index (χ3n) is 3.50. The zero-order chi connectivity index (χ0) is 14.4. The molecule has 0 fully saturated rings. The van der Waals surface area contributed by atoms with Crippen molar-refractivity contribution < 1.29 is 9.67 Å². The van der Waals surface area contributed by atoms with Gasteiger partial charge in [-0.2, -0.15) is 4.57 Å². The van der Waals surface area contributed by atoms with Crippen molar-refractivity contribution in [2.75, 3.05) is 11.9 Å². The van der Waals surface area contributed by atoms with E-state index in [1.54, 1.807) is 0 Å². The van der Waals surface area contributed by atoms with E-state index < -0.39 is 0 Å². The lowest BCUT2D eigenvalue weighted by Gasteiger charge is -2.09. The lowest BCUT2D eigenvalue weighted by molar-refractivity contribution is -0.702. The van der Waals surface area contributed by atoms with Crippen LogP contribution in [0.15, 0.2) is 42.6 Å². The summed E-state index contributed by atoms with van der Waals surface area (Å²) >= 11 is 0. The predicted octanol–water partition coefficient (Wildman–Crippen LogP) is 3.05. The Morgan fingerprint density at radius 2 is 1.90 bits per heavy atom.